The van der Waals surface area contributed by atoms with E-state index in [1.54, 1.807) is 37.3 Å². The summed E-state index contributed by atoms with van der Waals surface area (Å²) < 4.78 is 10.5. The van der Waals surface area contributed by atoms with Crippen molar-refractivity contribution in [3.63, 3.8) is 0 Å². The molecule has 0 bridgehead atoms. The van der Waals surface area contributed by atoms with Gasteiger partial charge in [-0.3, -0.25) is 9.69 Å². The molecule has 1 N–H and O–H groups in total. The minimum atomic E-state index is -0.914. The first-order valence-corrected chi connectivity index (χ1v) is 6.70. The van der Waals surface area contributed by atoms with Crippen LogP contribution >= 0.6 is 0 Å². The molecule has 0 aliphatic carbocycles. The summed E-state index contributed by atoms with van der Waals surface area (Å²) in [6.07, 6.45) is 0. The van der Waals surface area contributed by atoms with Gasteiger partial charge in [-0.1, -0.05) is 0 Å². The number of hydrogen-bond acceptors (Lipinski definition) is 5. The van der Waals surface area contributed by atoms with Crippen molar-refractivity contribution in [2.75, 3.05) is 48.5 Å². The van der Waals surface area contributed by atoms with Crippen LogP contribution in [-0.2, 0) is 4.79 Å². The van der Waals surface area contributed by atoms with Crippen molar-refractivity contribution in [3.8, 4) is 11.5 Å². The number of benzene rings is 1. The quantitative estimate of drug-likeness (QED) is 0.781. The normalized spacial score (nSPS) is 12.5. The molecule has 0 fully saturated rings. The fraction of sp³-hybridized carbons (Fsp3) is 0.533. The lowest BCUT2D eigenvalue weighted by Crippen LogP contribution is -2.36. The van der Waals surface area contributed by atoms with Crippen molar-refractivity contribution in [2.45, 2.75) is 6.04 Å². The fourth-order valence-electron chi connectivity index (χ4n) is 2.10. The number of carbonyl (C=O) groups is 1. The lowest BCUT2D eigenvalue weighted by atomic mass is 10.0. The Balaban J connectivity index is 3.12. The highest BCUT2D eigenvalue weighted by Crippen LogP contribution is 2.32. The molecule has 6 nitrogen and oxygen atoms in total. The molecule has 0 amide bonds. The second-order valence-corrected chi connectivity index (χ2v) is 5.13. The summed E-state index contributed by atoms with van der Waals surface area (Å²) in [4.78, 5) is 15.5. The summed E-state index contributed by atoms with van der Waals surface area (Å²) in [5.41, 5.74) is 0.589. The molecular formula is C15H24N2O4. The van der Waals surface area contributed by atoms with E-state index in [9.17, 15) is 9.90 Å². The van der Waals surface area contributed by atoms with Gasteiger partial charge < -0.3 is 19.5 Å². The zero-order valence-corrected chi connectivity index (χ0v) is 13.3. The van der Waals surface area contributed by atoms with Gasteiger partial charge >= 0.3 is 5.97 Å². The molecule has 0 aromatic heterocycles. The van der Waals surface area contributed by atoms with E-state index in [1.165, 1.54) is 7.11 Å². The molecule has 118 valence electrons. The first kappa shape index (κ1) is 17.3. The van der Waals surface area contributed by atoms with Gasteiger partial charge in [-0.05, 0) is 39.3 Å². The maximum Gasteiger partial charge on any atom is 0.325 e. The maximum atomic E-state index is 11.7. The Morgan fingerprint density at radius 1 is 1.19 bits per heavy atom. The highest BCUT2D eigenvalue weighted by atomic mass is 16.5. The van der Waals surface area contributed by atoms with Crippen molar-refractivity contribution in [3.05, 3.63) is 23.8 Å². The van der Waals surface area contributed by atoms with Crippen molar-refractivity contribution in [1.82, 2.24) is 9.80 Å². The van der Waals surface area contributed by atoms with E-state index in [4.69, 9.17) is 9.47 Å². The van der Waals surface area contributed by atoms with E-state index < -0.39 is 12.0 Å². The highest BCUT2D eigenvalue weighted by molar-refractivity contribution is 5.77. The standard InChI is InChI=1S/C15H24N2O4/c1-16(2)8-9-17(3)14(15(18)19)12-10-11(20-4)6-7-13(12)21-5/h6-7,10,14H,8-9H2,1-5H3,(H,18,19). The molecule has 0 aliphatic rings. The van der Waals surface area contributed by atoms with Gasteiger partial charge in [0.25, 0.3) is 0 Å². The average Bonchev–Trinajstić information content (AvgIpc) is 2.44. The lowest BCUT2D eigenvalue weighted by molar-refractivity contribution is -0.143. The smallest absolute Gasteiger partial charge is 0.325 e. The molecule has 0 saturated carbocycles. The van der Waals surface area contributed by atoms with Crippen LogP contribution in [-0.4, -0.2) is 69.3 Å². The summed E-state index contributed by atoms with van der Waals surface area (Å²) in [6, 6.07) is 4.41. The van der Waals surface area contributed by atoms with Gasteiger partial charge in [0, 0.05) is 18.7 Å². The number of rotatable bonds is 8. The Morgan fingerprint density at radius 3 is 2.33 bits per heavy atom. The molecule has 0 spiro atoms. The van der Waals surface area contributed by atoms with Crippen LogP contribution in [0.25, 0.3) is 0 Å². The molecule has 1 aromatic rings. The van der Waals surface area contributed by atoms with Crippen molar-refractivity contribution < 1.29 is 19.4 Å². The Kier molecular flexibility index (Phi) is 6.45. The molecule has 1 unspecified atom stereocenters. The van der Waals surface area contributed by atoms with Gasteiger partial charge in [0.15, 0.2) is 0 Å². The van der Waals surface area contributed by atoms with Gasteiger partial charge in [-0.15, -0.1) is 0 Å². The van der Waals surface area contributed by atoms with Gasteiger partial charge in [0.2, 0.25) is 0 Å². The Labute approximate surface area is 125 Å². The fourth-order valence-corrected chi connectivity index (χ4v) is 2.10. The third kappa shape index (κ3) is 4.61. The minimum absolute atomic E-state index is 0.542. The van der Waals surface area contributed by atoms with Crippen LogP contribution in [0.1, 0.15) is 11.6 Å². The largest absolute Gasteiger partial charge is 0.497 e. The van der Waals surface area contributed by atoms with E-state index in [1.807, 2.05) is 19.0 Å². The van der Waals surface area contributed by atoms with E-state index in [0.717, 1.165) is 6.54 Å². The van der Waals surface area contributed by atoms with Gasteiger partial charge in [0.1, 0.15) is 17.5 Å². The van der Waals surface area contributed by atoms with E-state index >= 15 is 0 Å². The van der Waals surface area contributed by atoms with E-state index in [-0.39, 0.29) is 0 Å². The average molecular weight is 296 g/mol. The summed E-state index contributed by atoms with van der Waals surface area (Å²) >= 11 is 0. The SMILES string of the molecule is COc1ccc(OC)c(C(C(=O)O)N(C)CCN(C)C)c1. The molecule has 21 heavy (non-hydrogen) atoms. The molecule has 6 heteroatoms. The number of carboxylic acid groups (broad SMARTS) is 1. The number of ether oxygens (including phenoxy) is 2. The number of methoxy groups -OCH3 is 2. The Bertz CT molecular complexity index is 477. The summed E-state index contributed by atoms with van der Waals surface area (Å²) in [5.74, 6) is 0.237. The Hall–Kier alpha value is -1.79. The maximum absolute atomic E-state index is 11.7. The molecule has 0 saturated heterocycles. The van der Waals surface area contributed by atoms with Crippen molar-refractivity contribution >= 4 is 5.97 Å². The van der Waals surface area contributed by atoms with Crippen LogP contribution in [0.15, 0.2) is 18.2 Å². The molecule has 0 aliphatic heterocycles. The number of carboxylic acids is 1. The number of likely N-dealkylation sites (N-methyl/N-ethyl adjacent to an activating group) is 2. The van der Waals surface area contributed by atoms with Crippen molar-refractivity contribution in [2.24, 2.45) is 0 Å². The molecule has 1 atom stereocenters. The topological polar surface area (TPSA) is 62.2 Å². The monoisotopic (exact) mass is 296 g/mol. The third-order valence-electron chi connectivity index (χ3n) is 3.31. The van der Waals surface area contributed by atoms with Crippen LogP contribution in [0.4, 0.5) is 0 Å². The summed E-state index contributed by atoms with van der Waals surface area (Å²) in [5, 5.41) is 9.59. The second kappa shape index (κ2) is 7.85. The molecule has 1 rings (SSSR count). The molecule has 0 heterocycles. The van der Waals surface area contributed by atoms with Crippen LogP contribution in [0, 0.1) is 0 Å². The lowest BCUT2D eigenvalue weighted by Gasteiger charge is -2.27. The van der Waals surface area contributed by atoms with Gasteiger partial charge in [-0.2, -0.15) is 0 Å². The zero-order chi connectivity index (χ0) is 16.0. The number of aliphatic carboxylic acids is 1. The van der Waals surface area contributed by atoms with Gasteiger partial charge in [0.05, 0.1) is 14.2 Å². The van der Waals surface area contributed by atoms with Crippen molar-refractivity contribution in [1.29, 1.82) is 0 Å². The summed E-state index contributed by atoms with van der Waals surface area (Å²) in [7, 11) is 8.79. The molecule has 0 radical (unpaired) electrons. The van der Waals surface area contributed by atoms with Crippen LogP contribution in [0.5, 0.6) is 11.5 Å². The van der Waals surface area contributed by atoms with E-state index in [0.29, 0.717) is 23.6 Å². The predicted molar refractivity (Wildman–Crippen MR) is 81.1 cm³/mol. The first-order chi connectivity index (χ1) is 9.90. The number of nitrogens with zero attached hydrogens (tertiary/aromatic N) is 2. The van der Waals surface area contributed by atoms with Crippen LogP contribution in [0.3, 0.4) is 0 Å². The van der Waals surface area contributed by atoms with Crippen LogP contribution in [0.2, 0.25) is 0 Å². The Morgan fingerprint density at radius 2 is 1.86 bits per heavy atom. The van der Waals surface area contributed by atoms with Gasteiger partial charge in [-0.25, -0.2) is 0 Å². The molecule has 1 aromatic carbocycles. The highest BCUT2D eigenvalue weighted by Gasteiger charge is 2.28. The first-order valence-electron chi connectivity index (χ1n) is 6.70. The summed E-state index contributed by atoms with van der Waals surface area (Å²) in [6.45, 7) is 1.40. The van der Waals surface area contributed by atoms with Crippen LogP contribution < -0.4 is 9.47 Å². The second-order valence-electron chi connectivity index (χ2n) is 5.13. The van der Waals surface area contributed by atoms with E-state index in [2.05, 4.69) is 0 Å². The minimum Gasteiger partial charge on any atom is -0.497 e. The zero-order valence-electron chi connectivity index (χ0n) is 13.3. The third-order valence-corrected chi connectivity index (χ3v) is 3.31. The molecular weight excluding hydrogens is 272 g/mol. The predicted octanol–water partition coefficient (Wildman–Crippen LogP) is 1.32. The number of hydrogen-bond donors (Lipinski definition) is 1.